The van der Waals surface area contributed by atoms with E-state index in [1.807, 2.05) is 30.3 Å². The topological polar surface area (TPSA) is 61.8 Å². The lowest BCUT2D eigenvalue weighted by molar-refractivity contribution is 0.282. The molecule has 0 aromatic heterocycles. The summed E-state index contributed by atoms with van der Waals surface area (Å²) in [6, 6.07) is 10.0. The monoisotopic (exact) mass is 261 g/mol. The molecule has 1 aliphatic rings. The third kappa shape index (κ3) is 3.47. The molecule has 19 heavy (non-hydrogen) atoms. The summed E-state index contributed by atoms with van der Waals surface area (Å²) in [5.41, 5.74) is 7.34. The minimum absolute atomic E-state index is 0.0416. The second kappa shape index (κ2) is 5.61. The molecule has 0 amide bonds. The molecule has 0 aliphatic carbocycles. The van der Waals surface area contributed by atoms with E-state index in [-0.39, 0.29) is 11.8 Å². The fraction of sp³-hybridized carbons (Fsp3) is 0.533. The lowest BCUT2D eigenvalue weighted by Crippen LogP contribution is -2.34. The second-order valence-corrected chi connectivity index (χ2v) is 6.14. The Balaban J connectivity index is 2.12. The Hall–Kier alpha value is -1.55. The third-order valence-corrected chi connectivity index (χ3v) is 3.87. The molecule has 1 fully saturated rings. The molecule has 4 nitrogen and oxygen atoms in total. The lowest BCUT2D eigenvalue weighted by Gasteiger charge is -2.24. The van der Waals surface area contributed by atoms with E-state index in [0.29, 0.717) is 5.41 Å². The summed E-state index contributed by atoms with van der Waals surface area (Å²) in [7, 11) is 0. The van der Waals surface area contributed by atoms with Crippen molar-refractivity contribution in [3.63, 3.8) is 0 Å². The van der Waals surface area contributed by atoms with Gasteiger partial charge in [-0.1, -0.05) is 49.3 Å². The van der Waals surface area contributed by atoms with E-state index in [2.05, 4.69) is 23.9 Å². The molecule has 0 radical (unpaired) electrons. The van der Waals surface area contributed by atoms with E-state index in [9.17, 15) is 0 Å². The van der Waals surface area contributed by atoms with Gasteiger partial charge in [0.1, 0.15) is 5.84 Å². The molecule has 1 aromatic rings. The number of nitrogens with zero attached hydrogens (tertiary/aromatic N) is 2. The molecule has 4 heteroatoms. The van der Waals surface area contributed by atoms with Crippen LogP contribution >= 0.6 is 0 Å². The highest BCUT2D eigenvalue weighted by molar-refractivity contribution is 5.87. The Morgan fingerprint density at radius 1 is 1.42 bits per heavy atom. The minimum Gasteiger partial charge on any atom is -0.409 e. The van der Waals surface area contributed by atoms with Crippen molar-refractivity contribution >= 4 is 5.84 Å². The van der Waals surface area contributed by atoms with Crippen LogP contribution in [-0.2, 0) is 0 Å². The smallest absolute Gasteiger partial charge is 0.147 e. The van der Waals surface area contributed by atoms with Gasteiger partial charge < -0.3 is 15.8 Å². The van der Waals surface area contributed by atoms with Gasteiger partial charge in [-0.15, -0.1) is 0 Å². The molecule has 0 saturated carbocycles. The van der Waals surface area contributed by atoms with E-state index >= 15 is 0 Å². The standard InChI is InChI=1S/C15H23N3O/c1-15(2)8-9-18(11-15)10-13(14(16)17-19)12-6-4-3-5-7-12/h3-7,13,19H,8-11H2,1-2H3,(H2,16,17). The van der Waals surface area contributed by atoms with Crippen molar-refractivity contribution in [1.29, 1.82) is 0 Å². The van der Waals surface area contributed by atoms with Crippen LogP contribution < -0.4 is 5.73 Å². The number of amidine groups is 1. The average molecular weight is 261 g/mol. The third-order valence-electron chi connectivity index (χ3n) is 3.87. The summed E-state index contributed by atoms with van der Waals surface area (Å²) in [5, 5.41) is 12.2. The first kappa shape index (κ1) is 13.9. The van der Waals surface area contributed by atoms with Crippen molar-refractivity contribution in [2.45, 2.75) is 26.2 Å². The van der Waals surface area contributed by atoms with Crippen molar-refractivity contribution in [3.8, 4) is 0 Å². The summed E-state index contributed by atoms with van der Waals surface area (Å²) in [5.74, 6) is 0.246. The summed E-state index contributed by atoms with van der Waals surface area (Å²) in [6.07, 6.45) is 1.20. The molecule has 0 bridgehead atoms. The highest BCUT2D eigenvalue weighted by Crippen LogP contribution is 2.30. The molecule has 1 unspecified atom stereocenters. The summed E-state index contributed by atoms with van der Waals surface area (Å²) in [4.78, 5) is 2.40. The number of rotatable bonds is 4. The number of hydrogen-bond donors (Lipinski definition) is 2. The van der Waals surface area contributed by atoms with Crippen LogP contribution in [0, 0.1) is 5.41 Å². The van der Waals surface area contributed by atoms with Gasteiger partial charge in [-0.25, -0.2) is 0 Å². The first-order valence-corrected chi connectivity index (χ1v) is 6.76. The van der Waals surface area contributed by atoms with Crippen molar-refractivity contribution in [2.75, 3.05) is 19.6 Å². The van der Waals surface area contributed by atoms with Crippen LogP contribution in [-0.4, -0.2) is 35.6 Å². The van der Waals surface area contributed by atoms with E-state index in [0.717, 1.165) is 25.2 Å². The molecular formula is C15H23N3O. The quantitative estimate of drug-likeness (QED) is 0.378. The summed E-state index contributed by atoms with van der Waals surface area (Å²) < 4.78 is 0. The molecule has 1 aliphatic heterocycles. The number of likely N-dealkylation sites (tertiary alicyclic amines) is 1. The van der Waals surface area contributed by atoms with Crippen LogP contribution in [0.5, 0.6) is 0 Å². The van der Waals surface area contributed by atoms with Crippen LogP contribution in [0.15, 0.2) is 35.5 Å². The van der Waals surface area contributed by atoms with E-state index in [1.165, 1.54) is 6.42 Å². The molecule has 2 rings (SSSR count). The van der Waals surface area contributed by atoms with Crippen LogP contribution in [0.1, 0.15) is 31.7 Å². The lowest BCUT2D eigenvalue weighted by atomic mass is 9.93. The molecule has 0 spiro atoms. The van der Waals surface area contributed by atoms with Crippen LogP contribution in [0.3, 0.4) is 0 Å². The second-order valence-electron chi connectivity index (χ2n) is 6.14. The maximum Gasteiger partial charge on any atom is 0.147 e. The molecular weight excluding hydrogens is 238 g/mol. The average Bonchev–Trinajstić information content (AvgIpc) is 2.75. The van der Waals surface area contributed by atoms with Gasteiger partial charge in [0.05, 0.1) is 5.92 Å². The van der Waals surface area contributed by atoms with Gasteiger partial charge >= 0.3 is 0 Å². The number of oxime groups is 1. The van der Waals surface area contributed by atoms with Crippen LogP contribution in [0.2, 0.25) is 0 Å². The zero-order chi connectivity index (χ0) is 13.9. The molecule has 1 aromatic carbocycles. The minimum atomic E-state index is -0.0416. The fourth-order valence-electron chi connectivity index (χ4n) is 2.76. The van der Waals surface area contributed by atoms with Crippen molar-refractivity contribution in [1.82, 2.24) is 4.90 Å². The van der Waals surface area contributed by atoms with Gasteiger partial charge in [0.25, 0.3) is 0 Å². The van der Waals surface area contributed by atoms with E-state index in [1.54, 1.807) is 0 Å². The van der Waals surface area contributed by atoms with Crippen molar-refractivity contribution in [2.24, 2.45) is 16.3 Å². The Kier molecular flexibility index (Phi) is 4.10. The maximum absolute atomic E-state index is 8.99. The van der Waals surface area contributed by atoms with Gasteiger partial charge in [-0.3, -0.25) is 0 Å². The molecule has 1 heterocycles. The molecule has 104 valence electrons. The first-order valence-electron chi connectivity index (χ1n) is 6.76. The van der Waals surface area contributed by atoms with E-state index < -0.39 is 0 Å². The van der Waals surface area contributed by atoms with Crippen LogP contribution in [0.4, 0.5) is 0 Å². The first-order chi connectivity index (χ1) is 9.02. The van der Waals surface area contributed by atoms with Crippen molar-refractivity contribution in [3.05, 3.63) is 35.9 Å². The predicted octanol–water partition coefficient (Wildman–Crippen LogP) is 2.25. The summed E-state index contributed by atoms with van der Waals surface area (Å²) in [6.45, 7) is 7.52. The Bertz CT molecular complexity index is 442. The van der Waals surface area contributed by atoms with Gasteiger partial charge in [-0.05, 0) is 23.9 Å². The van der Waals surface area contributed by atoms with Crippen molar-refractivity contribution < 1.29 is 5.21 Å². The number of nitrogens with two attached hydrogens (primary N) is 1. The highest BCUT2D eigenvalue weighted by Gasteiger charge is 2.31. The molecule has 3 N–H and O–H groups in total. The van der Waals surface area contributed by atoms with Gasteiger partial charge in [-0.2, -0.15) is 0 Å². The van der Waals surface area contributed by atoms with E-state index in [4.69, 9.17) is 10.9 Å². The number of benzene rings is 1. The zero-order valence-corrected chi connectivity index (χ0v) is 11.7. The van der Waals surface area contributed by atoms with Gasteiger partial charge in [0, 0.05) is 13.1 Å². The fourth-order valence-corrected chi connectivity index (χ4v) is 2.76. The van der Waals surface area contributed by atoms with Gasteiger partial charge in [0.15, 0.2) is 0 Å². The Morgan fingerprint density at radius 3 is 2.63 bits per heavy atom. The maximum atomic E-state index is 8.99. The van der Waals surface area contributed by atoms with Gasteiger partial charge in [0.2, 0.25) is 0 Å². The Labute approximate surface area is 114 Å². The Morgan fingerprint density at radius 2 is 2.11 bits per heavy atom. The normalized spacial score (nSPS) is 21.5. The molecule has 1 atom stereocenters. The van der Waals surface area contributed by atoms with Crippen LogP contribution in [0.25, 0.3) is 0 Å². The SMILES string of the molecule is CC1(C)CCN(CC(C(N)=NO)c2ccccc2)C1. The molecule has 1 saturated heterocycles. The zero-order valence-electron chi connectivity index (χ0n) is 11.7. The largest absolute Gasteiger partial charge is 0.409 e. The predicted molar refractivity (Wildman–Crippen MR) is 77.4 cm³/mol. The highest BCUT2D eigenvalue weighted by atomic mass is 16.4. The summed E-state index contributed by atoms with van der Waals surface area (Å²) >= 11 is 0. The number of hydrogen-bond acceptors (Lipinski definition) is 3.